The number of carbonyl (C=O) groups is 7. The molecule has 2 aromatic rings. The number of hydrogen-bond donors (Lipinski definition) is 3. The van der Waals surface area contributed by atoms with Crippen LogP contribution >= 0.6 is 7.82 Å². The Morgan fingerprint density at radius 1 is 0.400 bits per heavy atom. The molecule has 23 heteroatoms. The summed E-state index contributed by atoms with van der Waals surface area (Å²) in [4.78, 5) is 102. The van der Waals surface area contributed by atoms with E-state index in [2.05, 4.69) is 72.9 Å². The third-order valence-electron chi connectivity index (χ3n) is 24.6. The van der Waals surface area contributed by atoms with Crippen molar-refractivity contribution in [3.8, 4) is 0 Å². The van der Waals surface area contributed by atoms with E-state index >= 15 is 14.2 Å². The summed E-state index contributed by atoms with van der Waals surface area (Å²) in [6.45, 7) is 18.0. The van der Waals surface area contributed by atoms with Crippen molar-refractivity contribution in [1.29, 1.82) is 0 Å². The molecule has 720 valence electrons. The van der Waals surface area contributed by atoms with Gasteiger partial charge in [0.05, 0.1) is 58.2 Å². The Morgan fingerprint density at radius 2 is 0.728 bits per heavy atom. The molecule has 21 nitrogen and oxygen atoms in total. The van der Waals surface area contributed by atoms with Gasteiger partial charge >= 0.3 is 37.7 Å². The van der Waals surface area contributed by atoms with Crippen LogP contribution in [0.5, 0.6) is 0 Å². The number of nitrogens with one attached hydrogen (secondary N) is 2. The second-order valence-corrected chi connectivity index (χ2v) is 42.2. The van der Waals surface area contributed by atoms with Crippen molar-refractivity contribution in [3.63, 3.8) is 0 Å². The Bertz CT molecular complexity index is 3000. The fourth-order valence-corrected chi connectivity index (χ4v) is 20.6. The number of phosphoric acid groups is 1. The summed E-state index contributed by atoms with van der Waals surface area (Å²) >= 11 is 0. The fourth-order valence-electron chi connectivity index (χ4n) is 16.6. The van der Waals surface area contributed by atoms with Crippen LogP contribution in [0.4, 0.5) is 0 Å². The van der Waals surface area contributed by atoms with Gasteiger partial charge in [0, 0.05) is 19.3 Å². The highest BCUT2D eigenvalue weighted by Gasteiger charge is 2.54. The summed E-state index contributed by atoms with van der Waals surface area (Å²) in [5, 5.41) is 16.8. The molecule has 0 aromatic heterocycles. The van der Waals surface area contributed by atoms with E-state index in [1.165, 1.54) is 57.8 Å². The number of amides is 2. The largest absolute Gasteiger partial charge is 0.481 e. The summed E-state index contributed by atoms with van der Waals surface area (Å²) in [6, 6.07) is 17.3. The van der Waals surface area contributed by atoms with E-state index < -0.39 is 126 Å². The molecule has 9 atom stereocenters. The molecular formula is C102H179N2O19PSi. The molecule has 3 rings (SSSR count). The van der Waals surface area contributed by atoms with Gasteiger partial charge in [-0.1, -0.05) is 393 Å². The fraction of sp³-hybridized carbons (Fsp3) is 0.814. The molecule has 125 heavy (non-hydrogen) atoms. The highest BCUT2D eigenvalue weighted by molar-refractivity contribution is 7.48. The van der Waals surface area contributed by atoms with E-state index in [0.717, 1.165) is 212 Å². The van der Waals surface area contributed by atoms with Gasteiger partial charge in [0.1, 0.15) is 36.6 Å². The van der Waals surface area contributed by atoms with Gasteiger partial charge in [-0.25, -0.2) is 4.57 Å². The molecule has 1 aliphatic heterocycles. The molecule has 1 fully saturated rings. The topological polar surface area (TPSA) is 273 Å². The van der Waals surface area contributed by atoms with Crippen LogP contribution in [0.25, 0.3) is 0 Å². The summed E-state index contributed by atoms with van der Waals surface area (Å²) in [6.07, 6.45) is 40.1. The van der Waals surface area contributed by atoms with Crippen molar-refractivity contribution >= 4 is 57.8 Å². The van der Waals surface area contributed by atoms with Gasteiger partial charge in [0.25, 0.3) is 0 Å². The van der Waals surface area contributed by atoms with Crippen molar-refractivity contribution in [2.75, 3.05) is 13.2 Å². The number of aliphatic carboxylic acids is 1. The van der Waals surface area contributed by atoms with Gasteiger partial charge in [-0.2, -0.15) is 0 Å². The smallest absolute Gasteiger partial charge is 0.475 e. The zero-order valence-electron chi connectivity index (χ0n) is 80.2. The quantitative estimate of drug-likeness (QED) is 0.0182. The monoisotopic (exact) mass is 1800 g/mol. The highest BCUT2D eigenvalue weighted by Crippen LogP contribution is 2.54. The number of unbranched alkanes of at least 4 members (excludes halogenated alkanes) is 42. The summed E-state index contributed by atoms with van der Waals surface area (Å²) < 4.78 is 83.2. The maximum atomic E-state index is 16.3. The highest BCUT2D eigenvalue weighted by atomic mass is 31.2. The Labute approximate surface area is 760 Å². The predicted octanol–water partition coefficient (Wildman–Crippen LogP) is 27.1. The summed E-state index contributed by atoms with van der Waals surface area (Å²) in [7, 11) is -7.59. The van der Waals surface area contributed by atoms with Gasteiger partial charge in [-0.05, 0) is 87.0 Å². The van der Waals surface area contributed by atoms with E-state index in [0.29, 0.717) is 87.0 Å². The van der Waals surface area contributed by atoms with E-state index in [1.54, 1.807) is 24.3 Å². The zero-order chi connectivity index (χ0) is 90.9. The molecule has 2 amide bonds. The van der Waals surface area contributed by atoms with Gasteiger partial charge in [-0.3, -0.25) is 47.1 Å². The number of benzene rings is 2. The number of phosphoric ester groups is 1. The first kappa shape index (κ1) is 114. The second kappa shape index (κ2) is 75.6. The number of hydrogen-bond acceptors (Lipinski definition) is 18. The van der Waals surface area contributed by atoms with Crippen LogP contribution in [0, 0.1) is 0 Å². The van der Waals surface area contributed by atoms with Crippen LogP contribution in [0.3, 0.4) is 0 Å². The molecule has 0 radical (unpaired) electrons. The molecule has 0 unspecified atom stereocenters. The Kier molecular flexibility index (Phi) is 69.0. The minimum Gasteiger partial charge on any atom is -0.481 e. The van der Waals surface area contributed by atoms with Gasteiger partial charge < -0.3 is 48.6 Å². The van der Waals surface area contributed by atoms with Crippen LogP contribution in [-0.4, -0.2) is 123 Å². The zero-order valence-corrected chi connectivity index (χ0v) is 82.1. The van der Waals surface area contributed by atoms with E-state index in [9.17, 15) is 29.1 Å². The maximum Gasteiger partial charge on any atom is 0.475 e. The maximum absolute atomic E-state index is 16.3. The molecule has 0 saturated carbocycles. The minimum atomic E-state index is -4.94. The third-order valence-corrected chi connectivity index (χ3v) is 30.7. The standard InChI is InChI=1S/C102H179N2O19PSi/c1-10-19-25-31-37-40-46-49-61-71-88(118-95(109)74-64-52-43-34-28-22-13-4)78-92(105)103-87(77-94(107)108)83-114-102-99(104-93(106)79-89(72-62-50-47-41-38-32-26-20-11-2)119-96(110)75-65-53-44-35-29-23-14-5)101(122-98(112)80-90(73-63-51-48-42-39-33-27-21-12-3)120-97(111)76-66-54-45-36-30-24-15-6)100(91(121-102)84-117-125(16-7,17-8)18-9)123-124(113,115-81-85-67-57-55-58-68-85)116-82-86-69-59-56-60-70-86/h55-60,67-70,87-91,99-102H,10-54,61-66,71-84H2,1-9H3,(H,103,105)(H,104,106)(H,107,108)/t87-,88-,89-,90-,91+,99+,100+,101+,102+/m1/s1. The summed E-state index contributed by atoms with van der Waals surface area (Å²) in [5.41, 5.74) is 1.25. The number of carboxylic acid groups (broad SMARTS) is 1. The van der Waals surface area contributed by atoms with Crippen LogP contribution in [0.2, 0.25) is 18.1 Å². The molecule has 0 spiro atoms. The molecule has 1 heterocycles. The Balaban J connectivity index is 2.42. The van der Waals surface area contributed by atoms with Crippen molar-refractivity contribution < 1.29 is 89.7 Å². The normalized spacial score (nSPS) is 16.4. The predicted molar refractivity (Wildman–Crippen MR) is 506 cm³/mol. The van der Waals surface area contributed by atoms with Crippen LogP contribution in [0.1, 0.15) is 446 Å². The van der Waals surface area contributed by atoms with Gasteiger partial charge in [0.15, 0.2) is 20.7 Å². The SMILES string of the molecule is CCCCCCCCCCC[C@H](CC(=O)N[C@@H](CO[C@H]1O[C@@H](CO[Si](CC)(CC)CC)[C@H](OP(=O)(OCc2ccccc2)OCc2ccccc2)[C@@H](OC(=O)C[C@@H](CCCCCCCCCCC)OC(=O)CCCCCCCCC)[C@@H]1NC(=O)C[C@@H](CCCCCCCCCCC)OC(=O)CCCCCCCCC)CC(=O)O)OC(=O)CCCCCCCCC. The van der Waals surface area contributed by atoms with Crippen LogP contribution in [0.15, 0.2) is 60.7 Å². The number of rotatable bonds is 85. The minimum absolute atomic E-state index is 0.158. The van der Waals surface area contributed by atoms with Crippen molar-refractivity contribution in [2.45, 2.75) is 521 Å². The molecule has 1 aliphatic rings. The summed E-state index contributed by atoms with van der Waals surface area (Å²) in [5.74, 6) is -4.62. The van der Waals surface area contributed by atoms with Crippen molar-refractivity contribution in [1.82, 2.24) is 10.6 Å². The van der Waals surface area contributed by atoms with E-state index in [4.69, 9.17) is 46.4 Å². The molecule has 0 aliphatic carbocycles. The van der Waals surface area contributed by atoms with Crippen molar-refractivity contribution in [3.05, 3.63) is 71.8 Å². The van der Waals surface area contributed by atoms with E-state index in [-0.39, 0.29) is 57.9 Å². The lowest BCUT2D eigenvalue weighted by Crippen LogP contribution is -2.67. The number of ether oxygens (including phenoxy) is 6. The average molecular weight is 1800 g/mol. The Morgan fingerprint density at radius 3 is 1.07 bits per heavy atom. The first-order valence-corrected chi connectivity index (χ1v) is 54.9. The average Bonchev–Trinajstić information content (AvgIpc) is 0.770. The van der Waals surface area contributed by atoms with Gasteiger partial charge in [-0.15, -0.1) is 0 Å². The number of carboxylic acids is 1. The first-order valence-electron chi connectivity index (χ1n) is 51.0. The number of carbonyl (C=O) groups excluding carboxylic acids is 6. The first-order chi connectivity index (χ1) is 60.8. The van der Waals surface area contributed by atoms with Gasteiger partial charge in [0.2, 0.25) is 11.8 Å². The molecular weight excluding hydrogens is 1620 g/mol. The second-order valence-electron chi connectivity index (χ2n) is 35.8. The Hall–Kier alpha value is -5.06. The molecule has 3 N–H and O–H groups in total. The molecule has 0 bridgehead atoms. The van der Waals surface area contributed by atoms with Crippen LogP contribution in [-0.2, 0) is 97.8 Å². The molecule has 1 saturated heterocycles. The lowest BCUT2D eigenvalue weighted by Gasteiger charge is -2.47. The number of esters is 4. The van der Waals surface area contributed by atoms with Crippen molar-refractivity contribution in [2.24, 2.45) is 0 Å². The third kappa shape index (κ3) is 57.7. The lowest BCUT2D eigenvalue weighted by atomic mass is 9.95. The van der Waals surface area contributed by atoms with E-state index in [1.807, 2.05) is 36.4 Å². The van der Waals surface area contributed by atoms with Crippen LogP contribution < -0.4 is 10.6 Å². The lowest BCUT2D eigenvalue weighted by molar-refractivity contribution is -0.272. The molecule has 2 aromatic carbocycles.